The highest BCUT2D eigenvalue weighted by Crippen LogP contribution is 2.19. The van der Waals surface area contributed by atoms with Crippen LogP contribution in [0.2, 0.25) is 0 Å². The number of hydrogen-bond donors (Lipinski definition) is 2. The Balaban J connectivity index is 0.00000338. The van der Waals surface area contributed by atoms with Crippen LogP contribution in [0.15, 0.2) is 4.99 Å². The molecular weight excluding hydrogens is 439 g/mol. The molecule has 1 saturated carbocycles. The summed E-state index contributed by atoms with van der Waals surface area (Å²) < 4.78 is 6.05. The van der Waals surface area contributed by atoms with E-state index in [1.54, 1.807) is 0 Å². The standard InChI is InChI=1S/C20H40N4O.HI/c1-3-4-14-24-15-11-18(12-16-24)23-20(21-2)22-13-17-25-19-9-7-5-6-8-10-19;/h18-19H,3-17H2,1-2H3,(H2,21,22,23);1H. The number of aliphatic imine (C=N–C) groups is 1. The van der Waals surface area contributed by atoms with Crippen LogP contribution in [0.25, 0.3) is 0 Å². The van der Waals surface area contributed by atoms with Crippen molar-refractivity contribution in [2.24, 2.45) is 4.99 Å². The molecule has 6 heteroatoms. The molecule has 1 heterocycles. The molecule has 2 aliphatic rings. The predicted octanol–water partition coefficient (Wildman–Crippen LogP) is 3.77. The monoisotopic (exact) mass is 480 g/mol. The number of nitrogens with one attached hydrogen (secondary N) is 2. The third kappa shape index (κ3) is 9.74. The first-order chi connectivity index (χ1) is 12.3. The van der Waals surface area contributed by atoms with Gasteiger partial charge in [-0.2, -0.15) is 0 Å². The van der Waals surface area contributed by atoms with E-state index < -0.39 is 0 Å². The Morgan fingerprint density at radius 1 is 1.08 bits per heavy atom. The summed E-state index contributed by atoms with van der Waals surface area (Å²) in [6.07, 6.45) is 13.4. The van der Waals surface area contributed by atoms with Gasteiger partial charge in [0.15, 0.2) is 5.96 Å². The van der Waals surface area contributed by atoms with Crippen LogP contribution < -0.4 is 10.6 Å². The lowest BCUT2D eigenvalue weighted by Gasteiger charge is -2.33. The molecule has 1 saturated heterocycles. The van der Waals surface area contributed by atoms with Gasteiger partial charge in [-0.05, 0) is 38.6 Å². The summed E-state index contributed by atoms with van der Waals surface area (Å²) in [7, 11) is 1.86. The molecule has 0 atom stereocenters. The molecule has 0 aromatic rings. The van der Waals surface area contributed by atoms with E-state index >= 15 is 0 Å². The van der Waals surface area contributed by atoms with Gasteiger partial charge in [0.25, 0.3) is 0 Å². The average molecular weight is 480 g/mol. The van der Waals surface area contributed by atoms with Gasteiger partial charge in [-0.15, -0.1) is 24.0 Å². The molecule has 0 radical (unpaired) electrons. The summed E-state index contributed by atoms with van der Waals surface area (Å²) in [5.74, 6) is 0.927. The number of nitrogens with zero attached hydrogens (tertiary/aromatic N) is 2. The molecule has 0 unspecified atom stereocenters. The summed E-state index contributed by atoms with van der Waals surface area (Å²) in [5, 5.41) is 7.01. The zero-order valence-electron chi connectivity index (χ0n) is 17.0. The van der Waals surface area contributed by atoms with Crippen molar-refractivity contribution >= 4 is 29.9 Å². The average Bonchev–Trinajstić information content (AvgIpc) is 2.92. The molecule has 0 aromatic carbocycles. The van der Waals surface area contributed by atoms with Crippen molar-refractivity contribution in [3.8, 4) is 0 Å². The van der Waals surface area contributed by atoms with Gasteiger partial charge in [-0.3, -0.25) is 4.99 Å². The summed E-state index contributed by atoms with van der Waals surface area (Å²) in [4.78, 5) is 6.97. The van der Waals surface area contributed by atoms with Crippen LogP contribution in [-0.4, -0.2) is 62.8 Å². The highest BCUT2D eigenvalue weighted by molar-refractivity contribution is 14.0. The molecule has 0 bridgehead atoms. The van der Waals surface area contributed by atoms with Crippen LogP contribution >= 0.6 is 24.0 Å². The fourth-order valence-electron chi connectivity index (χ4n) is 3.87. The lowest BCUT2D eigenvalue weighted by molar-refractivity contribution is 0.0467. The van der Waals surface area contributed by atoms with Crippen molar-refractivity contribution in [1.29, 1.82) is 0 Å². The second kappa shape index (κ2) is 14.9. The summed E-state index contributed by atoms with van der Waals surface area (Å²) in [6, 6.07) is 0.548. The minimum absolute atomic E-state index is 0. The number of ether oxygens (including phenoxy) is 1. The molecule has 0 spiro atoms. The molecule has 0 aromatic heterocycles. The van der Waals surface area contributed by atoms with Crippen LogP contribution in [-0.2, 0) is 4.74 Å². The molecule has 2 rings (SSSR count). The Kier molecular flexibility index (Phi) is 13.7. The summed E-state index contributed by atoms with van der Waals surface area (Å²) in [6.45, 7) is 7.56. The Morgan fingerprint density at radius 2 is 1.77 bits per heavy atom. The minimum Gasteiger partial charge on any atom is -0.376 e. The van der Waals surface area contributed by atoms with Gasteiger partial charge in [0.2, 0.25) is 0 Å². The van der Waals surface area contributed by atoms with Gasteiger partial charge in [-0.1, -0.05) is 39.0 Å². The fourth-order valence-corrected chi connectivity index (χ4v) is 3.87. The molecule has 1 aliphatic carbocycles. The number of hydrogen-bond acceptors (Lipinski definition) is 3. The topological polar surface area (TPSA) is 48.9 Å². The van der Waals surface area contributed by atoms with Crippen LogP contribution in [0.5, 0.6) is 0 Å². The van der Waals surface area contributed by atoms with Gasteiger partial charge in [0, 0.05) is 32.7 Å². The smallest absolute Gasteiger partial charge is 0.191 e. The Hall–Kier alpha value is -0.0800. The highest BCUT2D eigenvalue weighted by Gasteiger charge is 2.19. The second-order valence-electron chi connectivity index (χ2n) is 7.60. The number of piperidine rings is 1. The Morgan fingerprint density at radius 3 is 2.38 bits per heavy atom. The quantitative estimate of drug-likeness (QED) is 0.183. The molecule has 154 valence electrons. The summed E-state index contributed by atoms with van der Waals surface area (Å²) >= 11 is 0. The molecular formula is C20H41IN4O. The largest absolute Gasteiger partial charge is 0.376 e. The number of guanidine groups is 1. The predicted molar refractivity (Wildman–Crippen MR) is 122 cm³/mol. The first kappa shape index (κ1) is 24.0. The first-order valence-corrected chi connectivity index (χ1v) is 10.6. The third-order valence-corrected chi connectivity index (χ3v) is 5.53. The fraction of sp³-hybridized carbons (Fsp3) is 0.950. The van der Waals surface area contributed by atoms with Crippen molar-refractivity contribution < 1.29 is 4.74 Å². The number of likely N-dealkylation sites (tertiary alicyclic amines) is 1. The number of rotatable bonds is 8. The van der Waals surface area contributed by atoms with E-state index in [1.807, 2.05) is 7.05 Å². The van der Waals surface area contributed by atoms with Crippen molar-refractivity contribution in [2.45, 2.75) is 83.3 Å². The van der Waals surface area contributed by atoms with Gasteiger partial charge in [0.1, 0.15) is 0 Å². The van der Waals surface area contributed by atoms with Gasteiger partial charge in [0.05, 0.1) is 12.7 Å². The molecule has 0 amide bonds. The zero-order valence-corrected chi connectivity index (χ0v) is 19.3. The van der Waals surface area contributed by atoms with Crippen molar-refractivity contribution in [1.82, 2.24) is 15.5 Å². The Bertz CT molecular complexity index is 365. The molecule has 1 aliphatic heterocycles. The van der Waals surface area contributed by atoms with Crippen molar-refractivity contribution in [2.75, 3.05) is 39.8 Å². The maximum absolute atomic E-state index is 6.05. The van der Waals surface area contributed by atoms with E-state index in [-0.39, 0.29) is 24.0 Å². The van der Waals surface area contributed by atoms with E-state index in [9.17, 15) is 0 Å². The minimum atomic E-state index is 0. The lowest BCUT2D eigenvalue weighted by Crippen LogP contribution is -2.49. The molecule has 2 fully saturated rings. The Labute approximate surface area is 178 Å². The van der Waals surface area contributed by atoms with E-state index in [0.717, 1.165) is 19.1 Å². The van der Waals surface area contributed by atoms with E-state index in [2.05, 4.69) is 27.4 Å². The van der Waals surface area contributed by atoms with E-state index in [1.165, 1.54) is 83.8 Å². The molecule has 2 N–H and O–H groups in total. The van der Waals surface area contributed by atoms with Crippen molar-refractivity contribution in [3.63, 3.8) is 0 Å². The van der Waals surface area contributed by atoms with Gasteiger partial charge >= 0.3 is 0 Å². The SMILES string of the molecule is CCCCN1CCC(NC(=NC)NCCOC2CCCCCC2)CC1.I. The molecule has 5 nitrogen and oxygen atoms in total. The normalized spacial score (nSPS) is 21.1. The van der Waals surface area contributed by atoms with Gasteiger partial charge in [-0.25, -0.2) is 0 Å². The molecule has 26 heavy (non-hydrogen) atoms. The van der Waals surface area contributed by atoms with Gasteiger partial charge < -0.3 is 20.3 Å². The van der Waals surface area contributed by atoms with Crippen LogP contribution in [0, 0.1) is 0 Å². The van der Waals surface area contributed by atoms with Crippen molar-refractivity contribution in [3.05, 3.63) is 0 Å². The second-order valence-corrected chi connectivity index (χ2v) is 7.60. The van der Waals surface area contributed by atoms with Crippen LogP contribution in [0.3, 0.4) is 0 Å². The lowest BCUT2D eigenvalue weighted by atomic mass is 10.0. The maximum Gasteiger partial charge on any atom is 0.191 e. The zero-order chi connectivity index (χ0) is 17.7. The first-order valence-electron chi connectivity index (χ1n) is 10.6. The third-order valence-electron chi connectivity index (χ3n) is 5.53. The van der Waals surface area contributed by atoms with Crippen LogP contribution in [0.1, 0.15) is 71.1 Å². The van der Waals surface area contributed by atoms with E-state index in [0.29, 0.717) is 12.1 Å². The maximum atomic E-state index is 6.05. The van der Waals surface area contributed by atoms with Crippen LogP contribution in [0.4, 0.5) is 0 Å². The number of halogens is 1. The number of unbranched alkanes of at least 4 members (excludes halogenated alkanes) is 1. The summed E-state index contributed by atoms with van der Waals surface area (Å²) in [5.41, 5.74) is 0. The highest BCUT2D eigenvalue weighted by atomic mass is 127. The van der Waals surface area contributed by atoms with E-state index in [4.69, 9.17) is 4.74 Å².